The van der Waals surface area contributed by atoms with Gasteiger partial charge in [0.1, 0.15) is 6.04 Å². The average molecular weight is 528 g/mol. The number of benzene rings is 2. The lowest BCUT2D eigenvalue weighted by Crippen LogP contribution is -2.38. The number of rotatable bonds is 10. The molecule has 1 fully saturated rings. The Hall–Kier alpha value is -2.78. The summed E-state index contributed by atoms with van der Waals surface area (Å²) < 4.78 is 28.0. The smallest absolute Gasteiger partial charge is 0.321 e. The molecule has 0 bridgehead atoms. The Morgan fingerprint density at radius 3 is 2.44 bits per heavy atom. The number of carboxylic acids is 1. The number of carbonyl (C=O) groups is 1. The molecule has 2 aromatic carbocycles. The molecule has 2 atom stereocenters. The van der Waals surface area contributed by atoms with E-state index in [9.17, 15) is 18.3 Å². The predicted octanol–water partition coefficient (Wildman–Crippen LogP) is 4.11. The minimum absolute atomic E-state index is 0.121. The molecule has 36 heavy (non-hydrogen) atoms. The standard InChI is InChI=1S/C27H30ClN3O4S/c1-2-31-14-10-25(26(31)27(32)33)22-17-20(16-21(18-22)15-19-7-11-29-12-8-19)9-13-30-36(34,35)24-5-3-23(28)4-6-24/h3-8,11-12,16-18,25-26,30H,2,9-10,13-15H2,1H3,(H,32,33). The highest BCUT2D eigenvalue weighted by molar-refractivity contribution is 7.89. The van der Waals surface area contributed by atoms with Crippen molar-refractivity contribution < 1.29 is 18.3 Å². The van der Waals surface area contributed by atoms with Crippen molar-refractivity contribution >= 4 is 27.6 Å². The van der Waals surface area contributed by atoms with E-state index in [-0.39, 0.29) is 17.4 Å². The number of nitrogens with one attached hydrogen (secondary N) is 1. The van der Waals surface area contributed by atoms with E-state index in [0.29, 0.717) is 24.4 Å². The Labute approximate surface area is 217 Å². The lowest BCUT2D eigenvalue weighted by Gasteiger charge is -2.24. The molecule has 0 spiro atoms. The number of likely N-dealkylation sites (N-methyl/N-ethyl adjacent to an activating group) is 1. The monoisotopic (exact) mass is 527 g/mol. The van der Waals surface area contributed by atoms with Crippen LogP contribution in [0.3, 0.4) is 0 Å². The van der Waals surface area contributed by atoms with Crippen LogP contribution in [0.25, 0.3) is 0 Å². The molecule has 2 N–H and O–H groups in total. The van der Waals surface area contributed by atoms with Crippen molar-refractivity contribution in [3.05, 3.63) is 94.3 Å². The van der Waals surface area contributed by atoms with Crippen molar-refractivity contribution in [3.63, 3.8) is 0 Å². The van der Waals surface area contributed by atoms with Gasteiger partial charge in [-0.1, -0.05) is 36.7 Å². The van der Waals surface area contributed by atoms with Crippen molar-refractivity contribution in [2.24, 2.45) is 0 Å². The molecule has 0 amide bonds. The number of nitrogens with zero attached hydrogens (tertiary/aromatic N) is 2. The van der Waals surface area contributed by atoms with Crippen molar-refractivity contribution in [1.82, 2.24) is 14.6 Å². The second kappa shape index (κ2) is 11.5. The molecule has 0 aliphatic carbocycles. The fourth-order valence-corrected chi connectivity index (χ4v) is 6.06. The molecule has 1 aliphatic heterocycles. The molecule has 0 radical (unpaired) electrons. The van der Waals surface area contributed by atoms with Crippen LogP contribution in [0.1, 0.15) is 41.5 Å². The summed E-state index contributed by atoms with van der Waals surface area (Å²) in [7, 11) is -3.66. The van der Waals surface area contributed by atoms with Crippen LogP contribution in [0, 0.1) is 0 Å². The summed E-state index contributed by atoms with van der Waals surface area (Å²) in [6, 6.07) is 15.6. The molecule has 190 valence electrons. The highest BCUT2D eigenvalue weighted by atomic mass is 35.5. The topological polar surface area (TPSA) is 99.6 Å². The molecule has 2 heterocycles. The summed E-state index contributed by atoms with van der Waals surface area (Å²) in [6.07, 6.45) is 5.43. The first-order chi connectivity index (χ1) is 17.3. The summed E-state index contributed by atoms with van der Waals surface area (Å²) in [6.45, 7) is 3.63. The molecule has 4 rings (SSSR count). The Morgan fingerprint density at radius 1 is 1.08 bits per heavy atom. The summed E-state index contributed by atoms with van der Waals surface area (Å²) in [5.41, 5.74) is 4.12. The number of hydrogen-bond acceptors (Lipinski definition) is 5. The van der Waals surface area contributed by atoms with Gasteiger partial charge in [0.15, 0.2) is 0 Å². The van der Waals surface area contributed by atoms with E-state index in [1.807, 2.05) is 30.0 Å². The van der Waals surface area contributed by atoms with Crippen LogP contribution in [0.2, 0.25) is 5.02 Å². The maximum absolute atomic E-state index is 12.7. The van der Waals surface area contributed by atoms with E-state index < -0.39 is 22.0 Å². The molecule has 1 aromatic heterocycles. The second-order valence-electron chi connectivity index (χ2n) is 9.02. The zero-order valence-electron chi connectivity index (χ0n) is 20.1. The fraction of sp³-hybridized carbons (Fsp3) is 0.333. The van der Waals surface area contributed by atoms with E-state index in [4.69, 9.17) is 11.6 Å². The Balaban J connectivity index is 1.57. The first-order valence-corrected chi connectivity index (χ1v) is 13.9. The molecule has 3 aromatic rings. The molecule has 1 aliphatic rings. The SMILES string of the molecule is CCN1CCC(c2cc(CCNS(=O)(=O)c3ccc(Cl)cc3)cc(Cc3ccncc3)c2)C1C(=O)O. The maximum Gasteiger partial charge on any atom is 0.321 e. The normalized spacial score (nSPS) is 18.4. The zero-order valence-corrected chi connectivity index (χ0v) is 21.7. The first-order valence-electron chi connectivity index (χ1n) is 12.0. The second-order valence-corrected chi connectivity index (χ2v) is 11.2. The van der Waals surface area contributed by atoms with Crippen LogP contribution >= 0.6 is 11.6 Å². The summed E-state index contributed by atoms with van der Waals surface area (Å²) in [5, 5.41) is 10.4. The molecule has 1 saturated heterocycles. The van der Waals surface area contributed by atoms with Gasteiger partial charge < -0.3 is 5.11 Å². The van der Waals surface area contributed by atoms with Gasteiger partial charge in [-0.05, 0) is 91.0 Å². The number of carboxylic acid groups (broad SMARTS) is 1. The van der Waals surface area contributed by atoms with Gasteiger partial charge in [-0.3, -0.25) is 14.7 Å². The third-order valence-electron chi connectivity index (χ3n) is 6.65. The average Bonchev–Trinajstić information content (AvgIpc) is 3.29. The molecule has 7 nitrogen and oxygen atoms in total. The maximum atomic E-state index is 12.7. The molecule has 9 heteroatoms. The molecular weight excluding hydrogens is 498 g/mol. The van der Waals surface area contributed by atoms with Gasteiger partial charge in [0.05, 0.1) is 4.90 Å². The van der Waals surface area contributed by atoms with Crippen LogP contribution in [-0.2, 0) is 27.7 Å². The van der Waals surface area contributed by atoms with Gasteiger partial charge in [-0.15, -0.1) is 0 Å². The van der Waals surface area contributed by atoms with E-state index in [0.717, 1.165) is 35.2 Å². The third kappa shape index (κ3) is 6.31. The van der Waals surface area contributed by atoms with Crippen LogP contribution < -0.4 is 4.72 Å². The first kappa shape index (κ1) is 26.3. The van der Waals surface area contributed by atoms with Gasteiger partial charge in [-0.25, -0.2) is 13.1 Å². The lowest BCUT2D eigenvalue weighted by molar-refractivity contribution is -0.142. The van der Waals surface area contributed by atoms with Crippen LogP contribution in [0.15, 0.2) is 71.9 Å². The molecular formula is C27H30ClN3O4S. The zero-order chi connectivity index (χ0) is 25.7. The molecule has 2 unspecified atom stereocenters. The number of likely N-dealkylation sites (tertiary alicyclic amines) is 1. The van der Waals surface area contributed by atoms with E-state index >= 15 is 0 Å². The van der Waals surface area contributed by atoms with Crippen molar-refractivity contribution in [2.75, 3.05) is 19.6 Å². The number of halogens is 1. The van der Waals surface area contributed by atoms with Gasteiger partial charge >= 0.3 is 5.97 Å². The van der Waals surface area contributed by atoms with Crippen molar-refractivity contribution in [2.45, 2.75) is 43.0 Å². The Bertz CT molecular complexity index is 1300. The fourth-order valence-electron chi connectivity index (χ4n) is 4.90. The minimum atomic E-state index is -3.66. The van der Waals surface area contributed by atoms with Gasteiger partial charge in [0.25, 0.3) is 0 Å². The Morgan fingerprint density at radius 2 is 1.78 bits per heavy atom. The van der Waals surface area contributed by atoms with Crippen LogP contribution in [0.5, 0.6) is 0 Å². The van der Waals surface area contributed by atoms with Gasteiger partial charge in [-0.2, -0.15) is 0 Å². The van der Waals surface area contributed by atoms with Crippen molar-refractivity contribution in [3.8, 4) is 0 Å². The summed E-state index contributed by atoms with van der Waals surface area (Å²) in [4.78, 5) is 18.4. The quantitative estimate of drug-likeness (QED) is 0.411. The van der Waals surface area contributed by atoms with Gasteiger partial charge in [0, 0.05) is 29.9 Å². The minimum Gasteiger partial charge on any atom is -0.480 e. The third-order valence-corrected chi connectivity index (χ3v) is 8.38. The highest BCUT2D eigenvalue weighted by Gasteiger charge is 2.39. The lowest BCUT2D eigenvalue weighted by atomic mass is 9.87. The summed E-state index contributed by atoms with van der Waals surface area (Å²) in [5.74, 6) is -0.930. The number of hydrogen-bond donors (Lipinski definition) is 2. The highest BCUT2D eigenvalue weighted by Crippen LogP contribution is 2.35. The van der Waals surface area contributed by atoms with E-state index in [1.165, 1.54) is 12.1 Å². The molecule has 0 saturated carbocycles. The van der Waals surface area contributed by atoms with Crippen LogP contribution in [-0.4, -0.2) is 55.1 Å². The van der Waals surface area contributed by atoms with Crippen LogP contribution in [0.4, 0.5) is 0 Å². The number of pyridine rings is 1. The Kier molecular flexibility index (Phi) is 8.41. The summed E-state index contributed by atoms with van der Waals surface area (Å²) >= 11 is 5.88. The number of sulfonamides is 1. The van der Waals surface area contributed by atoms with E-state index in [1.54, 1.807) is 24.5 Å². The predicted molar refractivity (Wildman–Crippen MR) is 140 cm³/mol. The number of aliphatic carboxylic acids is 1. The van der Waals surface area contributed by atoms with E-state index in [2.05, 4.69) is 21.8 Å². The van der Waals surface area contributed by atoms with Gasteiger partial charge in [0.2, 0.25) is 10.0 Å². The van der Waals surface area contributed by atoms with Crippen molar-refractivity contribution in [1.29, 1.82) is 0 Å². The number of aromatic nitrogens is 1. The largest absolute Gasteiger partial charge is 0.480 e.